The molecule has 2 atom stereocenters. The second kappa shape index (κ2) is 10.1. The van der Waals surface area contributed by atoms with Gasteiger partial charge in [-0.05, 0) is 93.8 Å². The van der Waals surface area contributed by atoms with Gasteiger partial charge in [0.05, 0.1) is 16.8 Å². The Morgan fingerprint density at radius 2 is 1.43 bits per heavy atom. The zero-order valence-corrected chi connectivity index (χ0v) is 31.2. The molecule has 5 heteroatoms. The average Bonchev–Trinajstić information content (AvgIpc) is 3.79. The predicted molar refractivity (Wildman–Crippen MR) is 219 cm³/mol. The van der Waals surface area contributed by atoms with E-state index in [1.807, 2.05) is 11.3 Å². The molecule has 1 aliphatic carbocycles. The fraction of sp³-hybridized carbons (Fsp3) is 0.304. The van der Waals surface area contributed by atoms with Crippen LogP contribution >= 0.6 is 11.3 Å². The minimum Gasteiger partial charge on any atom is -0.456 e. The van der Waals surface area contributed by atoms with Gasteiger partial charge in [-0.1, -0.05) is 103 Å². The monoisotopic (exact) mass is 682 g/mol. The highest BCUT2D eigenvalue weighted by atomic mass is 32.1. The molecule has 3 aliphatic heterocycles. The van der Waals surface area contributed by atoms with Gasteiger partial charge in [0.25, 0.3) is 6.71 Å². The molecule has 1 fully saturated rings. The Kier molecular flexibility index (Phi) is 5.98. The quantitative estimate of drug-likeness (QED) is 0.161. The van der Waals surface area contributed by atoms with E-state index in [2.05, 4.69) is 142 Å². The summed E-state index contributed by atoms with van der Waals surface area (Å²) in [5.74, 6) is 0.587. The van der Waals surface area contributed by atoms with Crippen molar-refractivity contribution in [1.82, 2.24) is 0 Å². The summed E-state index contributed by atoms with van der Waals surface area (Å²) in [6, 6.07) is 35.4. The van der Waals surface area contributed by atoms with Crippen molar-refractivity contribution in [3.8, 4) is 0 Å². The molecular weight excluding hydrogens is 639 g/mol. The number of para-hydroxylation sites is 1. The van der Waals surface area contributed by atoms with Crippen molar-refractivity contribution in [2.45, 2.75) is 90.0 Å². The molecule has 0 spiro atoms. The molecule has 7 aromatic rings. The lowest BCUT2D eigenvalue weighted by molar-refractivity contribution is 0.402. The highest BCUT2D eigenvalue weighted by molar-refractivity contribution is 7.33. The number of thiophene rings is 1. The van der Waals surface area contributed by atoms with Crippen LogP contribution in [0, 0.1) is 0 Å². The van der Waals surface area contributed by atoms with E-state index in [1.165, 1.54) is 102 Å². The van der Waals surface area contributed by atoms with Crippen molar-refractivity contribution in [2.24, 2.45) is 0 Å². The van der Waals surface area contributed by atoms with Crippen LogP contribution in [0.3, 0.4) is 0 Å². The molecule has 0 saturated heterocycles. The molecule has 2 unspecified atom stereocenters. The highest BCUT2D eigenvalue weighted by Crippen LogP contribution is 2.55. The first-order valence-electron chi connectivity index (χ1n) is 19.0. The number of anilines is 5. The molecule has 5 heterocycles. The van der Waals surface area contributed by atoms with Gasteiger partial charge in [0.1, 0.15) is 11.2 Å². The van der Waals surface area contributed by atoms with Crippen molar-refractivity contribution in [1.29, 1.82) is 0 Å². The molecule has 0 bridgehead atoms. The summed E-state index contributed by atoms with van der Waals surface area (Å²) in [6.45, 7) is 14.4. The van der Waals surface area contributed by atoms with Crippen LogP contribution < -0.4 is 25.5 Å². The number of furan rings is 1. The normalized spacial score (nSPS) is 19.1. The van der Waals surface area contributed by atoms with Crippen LogP contribution in [0.4, 0.5) is 28.4 Å². The second-order valence-corrected chi connectivity index (χ2v) is 18.7. The number of benzene rings is 5. The Labute approximate surface area is 305 Å². The Balaban J connectivity index is 1.29. The largest absolute Gasteiger partial charge is 0.456 e. The zero-order chi connectivity index (χ0) is 34.6. The molecule has 0 amide bonds. The molecule has 2 aromatic heterocycles. The summed E-state index contributed by atoms with van der Waals surface area (Å²) in [5, 5.41) is 3.70. The number of hydrogen-bond donors (Lipinski definition) is 0. The molecule has 1 saturated carbocycles. The summed E-state index contributed by atoms with van der Waals surface area (Å²) in [4.78, 5) is 5.45. The molecular formula is C46H43BN2OS. The first-order valence-corrected chi connectivity index (χ1v) is 19.8. The van der Waals surface area contributed by atoms with Gasteiger partial charge in [0.15, 0.2) is 0 Å². The molecule has 0 radical (unpaired) electrons. The average molecular weight is 683 g/mol. The minimum absolute atomic E-state index is 0.0395. The Morgan fingerprint density at radius 3 is 2.27 bits per heavy atom. The van der Waals surface area contributed by atoms with E-state index in [-0.39, 0.29) is 17.5 Å². The lowest BCUT2D eigenvalue weighted by Crippen LogP contribution is -2.61. The van der Waals surface area contributed by atoms with E-state index in [4.69, 9.17) is 4.42 Å². The first-order chi connectivity index (χ1) is 24.6. The van der Waals surface area contributed by atoms with E-state index in [0.29, 0.717) is 12.0 Å². The number of hydrogen-bond acceptors (Lipinski definition) is 4. The maximum absolute atomic E-state index is 6.53. The lowest BCUT2D eigenvalue weighted by atomic mass is 9.36. The van der Waals surface area contributed by atoms with Crippen molar-refractivity contribution < 1.29 is 4.42 Å². The van der Waals surface area contributed by atoms with Crippen LogP contribution in [-0.2, 0) is 10.8 Å². The van der Waals surface area contributed by atoms with Crippen molar-refractivity contribution in [2.75, 3.05) is 9.80 Å². The van der Waals surface area contributed by atoms with E-state index in [0.717, 1.165) is 11.2 Å². The molecule has 4 aliphatic rings. The van der Waals surface area contributed by atoms with Gasteiger partial charge in [-0.3, -0.25) is 0 Å². The van der Waals surface area contributed by atoms with Gasteiger partial charge >= 0.3 is 0 Å². The number of nitrogens with zero attached hydrogens (tertiary/aromatic N) is 2. The molecule has 5 aromatic carbocycles. The summed E-state index contributed by atoms with van der Waals surface area (Å²) in [7, 11) is 0. The fourth-order valence-electron chi connectivity index (χ4n) is 10.1. The summed E-state index contributed by atoms with van der Waals surface area (Å²) in [5.41, 5.74) is 16.2. The van der Waals surface area contributed by atoms with Gasteiger partial charge in [-0.25, -0.2) is 0 Å². The summed E-state index contributed by atoms with van der Waals surface area (Å²) >= 11 is 2.01. The first kappa shape index (κ1) is 30.2. The van der Waals surface area contributed by atoms with Crippen LogP contribution in [0.1, 0.15) is 89.8 Å². The van der Waals surface area contributed by atoms with Crippen molar-refractivity contribution in [3.63, 3.8) is 0 Å². The molecule has 51 heavy (non-hydrogen) atoms. The number of fused-ring (bicyclic) bond motifs is 12. The molecule has 252 valence electrons. The molecule has 0 N–H and O–H groups in total. The fourth-order valence-corrected chi connectivity index (χ4v) is 11.4. The van der Waals surface area contributed by atoms with Gasteiger partial charge in [0, 0.05) is 49.3 Å². The third-order valence-corrected chi connectivity index (χ3v) is 13.8. The Morgan fingerprint density at radius 1 is 0.686 bits per heavy atom. The highest BCUT2D eigenvalue weighted by Gasteiger charge is 2.52. The lowest BCUT2D eigenvalue weighted by Gasteiger charge is -2.44. The van der Waals surface area contributed by atoms with Gasteiger partial charge in [-0.15, -0.1) is 11.3 Å². The topological polar surface area (TPSA) is 19.6 Å². The third kappa shape index (κ3) is 4.02. The van der Waals surface area contributed by atoms with Crippen molar-refractivity contribution in [3.05, 3.63) is 108 Å². The number of rotatable bonds is 1. The van der Waals surface area contributed by atoms with Gasteiger partial charge < -0.3 is 14.2 Å². The van der Waals surface area contributed by atoms with Crippen LogP contribution in [0.5, 0.6) is 0 Å². The molecule has 11 rings (SSSR count). The Bertz CT molecular complexity index is 2620. The smallest absolute Gasteiger partial charge is 0.264 e. The zero-order valence-electron chi connectivity index (χ0n) is 30.4. The standard InChI is InChI=1S/C46H43BN2OS/c1-45(2,3)26-21-22-39-31(23-26)43-44(51-39)47-32-25-27(46(4,5)6)24-30-28-13-7-9-15-33(28)48(42(30)32)35-17-11-18-36(41(35)47)49(43)34-16-12-20-38-40(34)29-14-8-10-19-37(29)50-38/h8,10-12,14,16-25,28,33H,7,9,13,15H2,1-6H3. The third-order valence-electron chi connectivity index (χ3n) is 12.6. The minimum atomic E-state index is 0.0395. The van der Waals surface area contributed by atoms with E-state index < -0.39 is 0 Å². The molecule has 3 nitrogen and oxygen atoms in total. The van der Waals surface area contributed by atoms with E-state index in [9.17, 15) is 0 Å². The SMILES string of the molecule is CC(C)(C)c1cc2c3c(c1)C1CCCCC1N3c1cccc3c1B2c1sc2ccc(C(C)(C)C)cc2c1N3c1cccc2oc3ccccc3c12. The van der Waals surface area contributed by atoms with E-state index in [1.54, 1.807) is 5.56 Å². The maximum atomic E-state index is 6.53. The second-order valence-electron chi connectivity index (χ2n) is 17.6. The van der Waals surface area contributed by atoms with E-state index >= 15 is 0 Å². The predicted octanol–water partition coefficient (Wildman–Crippen LogP) is 11.2. The summed E-state index contributed by atoms with van der Waals surface area (Å²) < 4.78 is 9.35. The van der Waals surface area contributed by atoms with Gasteiger partial charge in [-0.2, -0.15) is 0 Å². The van der Waals surface area contributed by atoms with Crippen molar-refractivity contribution >= 4 is 94.2 Å². The van der Waals surface area contributed by atoms with Crippen LogP contribution in [0.15, 0.2) is 95.4 Å². The van der Waals surface area contributed by atoms with Gasteiger partial charge in [0.2, 0.25) is 0 Å². The van der Waals surface area contributed by atoms with Crippen LogP contribution in [0.2, 0.25) is 0 Å². The summed E-state index contributed by atoms with van der Waals surface area (Å²) in [6.07, 6.45) is 5.18. The van der Waals surface area contributed by atoms with Crippen LogP contribution in [0.25, 0.3) is 32.0 Å². The van der Waals surface area contributed by atoms with Crippen LogP contribution in [-0.4, -0.2) is 12.8 Å². The Hall–Kier alpha value is -4.48. The maximum Gasteiger partial charge on any atom is 0.264 e.